The van der Waals surface area contributed by atoms with Crippen LogP contribution in [-0.4, -0.2) is 14.9 Å². The fourth-order valence-corrected chi connectivity index (χ4v) is 1.62. The van der Waals surface area contributed by atoms with Crippen molar-refractivity contribution < 1.29 is 5.11 Å². The van der Waals surface area contributed by atoms with Gasteiger partial charge in [0.1, 0.15) is 17.5 Å². The van der Waals surface area contributed by atoms with Crippen molar-refractivity contribution >= 4 is 10.9 Å². The molecule has 0 atom stereocenters. The van der Waals surface area contributed by atoms with Crippen LogP contribution in [0, 0.1) is 11.3 Å². The number of fused-ring (bicyclic) bond motifs is 1. The van der Waals surface area contributed by atoms with Crippen molar-refractivity contribution in [1.29, 1.82) is 5.26 Å². The van der Waals surface area contributed by atoms with Gasteiger partial charge in [0.2, 0.25) is 0 Å². The van der Waals surface area contributed by atoms with Crippen LogP contribution >= 0.6 is 0 Å². The zero-order chi connectivity index (χ0) is 11.0. The third-order valence-electron chi connectivity index (χ3n) is 2.30. The molecule has 4 heteroatoms. The second-order valence-electron chi connectivity index (χ2n) is 3.67. The van der Waals surface area contributed by atoms with Crippen molar-refractivity contribution in [1.82, 2.24) is 9.78 Å². The Morgan fingerprint density at radius 3 is 2.80 bits per heavy atom. The third kappa shape index (κ3) is 1.33. The predicted molar refractivity (Wildman–Crippen MR) is 56.5 cm³/mol. The zero-order valence-corrected chi connectivity index (χ0v) is 8.60. The van der Waals surface area contributed by atoms with E-state index >= 15 is 0 Å². The van der Waals surface area contributed by atoms with E-state index in [-0.39, 0.29) is 11.8 Å². The predicted octanol–water partition coefficient (Wildman–Crippen LogP) is 2.19. The second kappa shape index (κ2) is 3.28. The molecule has 4 nitrogen and oxygen atoms in total. The number of phenols is 1. The first-order valence-electron chi connectivity index (χ1n) is 4.75. The summed E-state index contributed by atoms with van der Waals surface area (Å²) in [6, 6.07) is 7.25. The van der Waals surface area contributed by atoms with Crippen molar-refractivity contribution in [3.8, 4) is 11.8 Å². The van der Waals surface area contributed by atoms with E-state index in [1.807, 2.05) is 13.8 Å². The van der Waals surface area contributed by atoms with Crippen molar-refractivity contribution in [2.45, 2.75) is 19.9 Å². The number of phenolic OH excluding ortho intramolecular Hbond substituents is 1. The molecule has 0 bridgehead atoms. The van der Waals surface area contributed by atoms with Crippen LogP contribution in [-0.2, 0) is 0 Å². The summed E-state index contributed by atoms with van der Waals surface area (Å²) in [6.07, 6.45) is 0. The van der Waals surface area contributed by atoms with Crippen LogP contribution in [0.4, 0.5) is 0 Å². The molecule has 0 aliphatic heterocycles. The number of aromatic hydroxyl groups is 1. The molecule has 76 valence electrons. The molecule has 0 saturated carbocycles. The Kier molecular flexibility index (Phi) is 2.09. The Labute approximate surface area is 87.4 Å². The molecule has 2 rings (SSSR count). The van der Waals surface area contributed by atoms with Crippen LogP contribution in [0.1, 0.15) is 25.6 Å². The number of nitriles is 1. The summed E-state index contributed by atoms with van der Waals surface area (Å²) >= 11 is 0. The summed E-state index contributed by atoms with van der Waals surface area (Å²) in [5, 5.41) is 23.5. The fraction of sp³-hybridized carbons (Fsp3) is 0.273. The molecule has 1 aromatic carbocycles. The molecular formula is C11H11N3O. The molecule has 0 aliphatic rings. The second-order valence-corrected chi connectivity index (χ2v) is 3.67. The SMILES string of the molecule is CC(C)n1nc2cccc(O)c2c1C#N. The molecule has 0 saturated heterocycles. The van der Waals surface area contributed by atoms with Crippen molar-refractivity contribution in [2.75, 3.05) is 0 Å². The van der Waals surface area contributed by atoms with Crippen LogP contribution in [0.5, 0.6) is 5.75 Å². The number of nitrogens with zero attached hydrogens (tertiary/aromatic N) is 3. The van der Waals surface area contributed by atoms with Crippen LogP contribution in [0.25, 0.3) is 10.9 Å². The lowest BCUT2D eigenvalue weighted by Gasteiger charge is -2.05. The lowest BCUT2D eigenvalue weighted by Crippen LogP contribution is -2.04. The quantitative estimate of drug-likeness (QED) is 0.769. The third-order valence-corrected chi connectivity index (χ3v) is 2.30. The van der Waals surface area contributed by atoms with E-state index in [9.17, 15) is 5.11 Å². The molecule has 15 heavy (non-hydrogen) atoms. The minimum absolute atomic E-state index is 0.103. The first-order chi connectivity index (χ1) is 7.15. The maximum absolute atomic E-state index is 9.67. The Balaban J connectivity index is 2.88. The monoisotopic (exact) mass is 201 g/mol. The van der Waals surface area contributed by atoms with Crippen molar-refractivity contribution in [3.05, 3.63) is 23.9 Å². The molecule has 0 spiro atoms. The molecule has 0 radical (unpaired) electrons. The summed E-state index contributed by atoms with van der Waals surface area (Å²) in [7, 11) is 0. The highest BCUT2D eigenvalue weighted by Gasteiger charge is 2.15. The van der Waals surface area contributed by atoms with Gasteiger partial charge in [-0.05, 0) is 26.0 Å². The number of aromatic nitrogens is 2. The van der Waals surface area contributed by atoms with Crippen molar-refractivity contribution in [3.63, 3.8) is 0 Å². The highest BCUT2D eigenvalue weighted by Crippen LogP contribution is 2.28. The van der Waals surface area contributed by atoms with Gasteiger partial charge in [0.15, 0.2) is 0 Å². The van der Waals surface area contributed by atoms with E-state index in [2.05, 4.69) is 11.2 Å². The molecule has 0 amide bonds. The van der Waals surface area contributed by atoms with Gasteiger partial charge < -0.3 is 5.11 Å². The summed E-state index contributed by atoms with van der Waals surface area (Å²) in [6.45, 7) is 3.90. The zero-order valence-electron chi connectivity index (χ0n) is 8.60. The minimum Gasteiger partial charge on any atom is -0.507 e. The normalized spacial score (nSPS) is 10.8. The van der Waals surface area contributed by atoms with Gasteiger partial charge in [-0.25, -0.2) is 0 Å². The maximum Gasteiger partial charge on any atom is 0.150 e. The highest BCUT2D eigenvalue weighted by atomic mass is 16.3. The van der Waals surface area contributed by atoms with Crippen LogP contribution in [0.15, 0.2) is 18.2 Å². The average Bonchev–Trinajstić information content (AvgIpc) is 2.57. The van der Waals surface area contributed by atoms with Gasteiger partial charge in [0, 0.05) is 6.04 Å². The van der Waals surface area contributed by atoms with Gasteiger partial charge in [0.25, 0.3) is 0 Å². The number of hydrogen-bond acceptors (Lipinski definition) is 3. The molecular weight excluding hydrogens is 190 g/mol. The first kappa shape index (κ1) is 9.53. The molecule has 1 aromatic heterocycles. The molecule has 1 N–H and O–H groups in total. The smallest absolute Gasteiger partial charge is 0.150 e. The Morgan fingerprint density at radius 1 is 1.47 bits per heavy atom. The van der Waals surface area contributed by atoms with E-state index in [0.717, 1.165) is 0 Å². The lowest BCUT2D eigenvalue weighted by molar-refractivity contribution is 0.481. The van der Waals surface area contributed by atoms with E-state index < -0.39 is 0 Å². The fourth-order valence-electron chi connectivity index (χ4n) is 1.62. The maximum atomic E-state index is 9.67. The van der Waals surface area contributed by atoms with Crippen molar-refractivity contribution in [2.24, 2.45) is 0 Å². The molecule has 1 heterocycles. The van der Waals surface area contributed by atoms with Gasteiger partial charge in [-0.3, -0.25) is 4.68 Å². The number of benzene rings is 1. The highest BCUT2D eigenvalue weighted by molar-refractivity contribution is 5.89. The molecule has 0 unspecified atom stereocenters. The minimum atomic E-state index is 0.103. The Morgan fingerprint density at radius 2 is 2.20 bits per heavy atom. The van der Waals surface area contributed by atoms with E-state index in [1.54, 1.807) is 22.9 Å². The van der Waals surface area contributed by atoms with Gasteiger partial charge in [-0.2, -0.15) is 10.4 Å². The summed E-state index contributed by atoms with van der Waals surface area (Å²) in [5.74, 6) is 0.107. The van der Waals surface area contributed by atoms with Gasteiger partial charge in [-0.1, -0.05) is 6.07 Å². The molecule has 2 aromatic rings. The van der Waals surface area contributed by atoms with Gasteiger partial charge in [0.05, 0.1) is 10.9 Å². The van der Waals surface area contributed by atoms with Crippen LogP contribution in [0.2, 0.25) is 0 Å². The lowest BCUT2D eigenvalue weighted by atomic mass is 10.2. The average molecular weight is 201 g/mol. The van der Waals surface area contributed by atoms with Gasteiger partial charge >= 0.3 is 0 Å². The summed E-state index contributed by atoms with van der Waals surface area (Å²) in [5.41, 5.74) is 1.07. The first-order valence-corrected chi connectivity index (χ1v) is 4.75. The molecule has 0 fully saturated rings. The van der Waals surface area contributed by atoms with Crippen LogP contribution in [0.3, 0.4) is 0 Å². The van der Waals surface area contributed by atoms with Crippen LogP contribution < -0.4 is 0 Å². The molecule has 0 aliphatic carbocycles. The summed E-state index contributed by atoms with van der Waals surface area (Å²) in [4.78, 5) is 0. The number of rotatable bonds is 1. The Hall–Kier alpha value is -2.02. The van der Waals surface area contributed by atoms with E-state index in [0.29, 0.717) is 16.6 Å². The Bertz CT molecular complexity index is 549. The largest absolute Gasteiger partial charge is 0.507 e. The number of hydrogen-bond donors (Lipinski definition) is 1. The van der Waals surface area contributed by atoms with Gasteiger partial charge in [-0.15, -0.1) is 0 Å². The summed E-state index contributed by atoms with van der Waals surface area (Å²) < 4.78 is 1.63. The standard InChI is InChI=1S/C11H11N3O/c1-7(2)14-9(6-12)11-8(13-14)4-3-5-10(11)15/h3-5,7,15H,1-2H3. The van der Waals surface area contributed by atoms with E-state index in [1.165, 1.54) is 0 Å². The topological polar surface area (TPSA) is 61.8 Å². The van der Waals surface area contributed by atoms with E-state index in [4.69, 9.17) is 5.26 Å².